The maximum absolute atomic E-state index is 14.3. The van der Waals surface area contributed by atoms with Gasteiger partial charge in [0.05, 0.1) is 29.0 Å². The van der Waals surface area contributed by atoms with Gasteiger partial charge in [-0.2, -0.15) is 0 Å². The zero-order valence-corrected chi connectivity index (χ0v) is 17.5. The smallest absolute Gasteiger partial charge is 0.242 e. The molecule has 0 aliphatic heterocycles. The van der Waals surface area contributed by atoms with Crippen molar-refractivity contribution in [2.24, 2.45) is 0 Å². The zero-order valence-electron chi connectivity index (χ0n) is 15.9. The van der Waals surface area contributed by atoms with Crippen LogP contribution in [-0.4, -0.2) is 40.0 Å². The van der Waals surface area contributed by atoms with Crippen molar-refractivity contribution >= 4 is 21.9 Å². The predicted octanol–water partition coefficient (Wildman–Crippen LogP) is 4.46. The molecule has 1 aliphatic carbocycles. The van der Waals surface area contributed by atoms with E-state index in [0.29, 0.717) is 4.47 Å². The number of rotatable bonds is 6. The Bertz CT molecular complexity index is 1060. The number of benzene rings is 1. The fourth-order valence-electron chi connectivity index (χ4n) is 3.68. The van der Waals surface area contributed by atoms with Crippen LogP contribution in [0.4, 0.5) is 19.1 Å². The molecule has 1 N–H and O–H groups in total. The lowest BCUT2D eigenvalue weighted by Crippen LogP contribution is -2.49. The number of ether oxygens (including phenoxy) is 1. The van der Waals surface area contributed by atoms with Crippen molar-refractivity contribution in [3.63, 3.8) is 0 Å². The molecule has 1 fully saturated rings. The van der Waals surface area contributed by atoms with Crippen LogP contribution in [-0.2, 0) is 5.41 Å². The van der Waals surface area contributed by atoms with Gasteiger partial charge in [-0.15, -0.1) is 10.2 Å². The van der Waals surface area contributed by atoms with Gasteiger partial charge in [-0.25, -0.2) is 18.2 Å². The Labute approximate surface area is 179 Å². The van der Waals surface area contributed by atoms with Gasteiger partial charge in [-0.3, -0.25) is 4.98 Å². The van der Waals surface area contributed by atoms with Crippen molar-refractivity contribution in [2.75, 3.05) is 19.0 Å². The van der Waals surface area contributed by atoms with Crippen molar-refractivity contribution in [2.45, 2.75) is 24.4 Å². The van der Waals surface area contributed by atoms with Gasteiger partial charge in [0, 0.05) is 18.2 Å². The van der Waals surface area contributed by atoms with Gasteiger partial charge in [0.15, 0.2) is 0 Å². The monoisotopic (exact) mass is 479 g/mol. The highest BCUT2D eigenvalue weighted by Crippen LogP contribution is 2.45. The molecule has 10 heteroatoms. The van der Waals surface area contributed by atoms with Crippen molar-refractivity contribution in [1.82, 2.24) is 20.2 Å². The standard InChI is InChI=1S/C20H17BrF3N5O/c1-30-17-12(21)4-5-13(23)16(17)15-9-26-19(29-28-15)27-10-20(7-11(22)8-20)18-14(24)3-2-6-25-18/h2-6,9,11H,7-8,10H2,1H3,(H,26,27,29). The second-order valence-corrected chi connectivity index (χ2v) is 7.93. The lowest BCUT2D eigenvalue weighted by Gasteiger charge is -2.43. The molecule has 1 aromatic carbocycles. The second kappa shape index (κ2) is 8.17. The Balaban J connectivity index is 1.55. The van der Waals surface area contributed by atoms with Crippen LogP contribution in [0.2, 0.25) is 0 Å². The van der Waals surface area contributed by atoms with E-state index in [1.54, 1.807) is 0 Å². The Morgan fingerprint density at radius 3 is 2.60 bits per heavy atom. The first-order valence-electron chi connectivity index (χ1n) is 9.14. The summed E-state index contributed by atoms with van der Waals surface area (Å²) in [6.45, 7) is 0.191. The van der Waals surface area contributed by atoms with E-state index in [-0.39, 0.29) is 48.0 Å². The largest absolute Gasteiger partial charge is 0.495 e. The molecule has 0 radical (unpaired) electrons. The maximum atomic E-state index is 14.3. The van der Waals surface area contributed by atoms with Gasteiger partial charge in [-0.1, -0.05) is 0 Å². The van der Waals surface area contributed by atoms with Crippen LogP contribution in [0.1, 0.15) is 18.5 Å². The fraction of sp³-hybridized carbons (Fsp3) is 0.300. The average Bonchev–Trinajstić information content (AvgIpc) is 2.72. The van der Waals surface area contributed by atoms with E-state index in [0.717, 1.165) is 0 Å². The third kappa shape index (κ3) is 3.71. The molecule has 0 spiro atoms. The topological polar surface area (TPSA) is 72.8 Å². The molecule has 30 heavy (non-hydrogen) atoms. The summed E-state index contributed by atoms with van der Waals surface area (Å²) in [5.41, 5.74) is -0.248. The summed E-state index contributed by atoms with van der Waals surface area (Å²) in [6, 6.07) is 5.61. The summed E-state index contributed by atoms with van der Waals surface area (Å²) < 4.78 is 48.0. The van der Waals surface area contributed by atoms with Gasteiger partial charge in [0.2, 0.25) is 5.95 Å². The maximum Gasteiger partial charge on any atom is 0.242 e. The number of anilines is 1. The molecule has 0 bridgehead atoms. The minimum absolute atomic E-state index is 0.129. The summed E-state index contributed by atoms with van der Waals surface area (Å²) in [5, 5.41) is 11.0. The average molecular weight is 480 g/mol. The zero-order chi connectivity index (χ0) is 21.3. The van der Waals surface area contributed by atoms with E-state index in [2.05, 4.69) is 41.4 Å². The molecule has 156 valence electrons. The number of nitrogens with one attached hydrogen (secondary N) is 1. The van der Waals surface area contributed by atoms with E-state index < -0.39 is 23.2 Å². The van der Waals surface area contributed by atoms with Crippen molar-refractivity contribution in [1.29, 1.82) is 0 Å². The number of nitrogens with zero attached hydrogens (tertiary/aromatic N) is 4. The Morgan fingerprint density at radius 1 is 1.17 bits per heavy atom. The molecule has 6 nitrogen and oxygen atoms in total. The highest BCUT2D eigenvalue weighted by molar-refractivity contribution is 9.10. The Morgan fingerprint density at radius 2 is 1.97 bits per heavy atom. The fourth-order valence-corrected chi connectivity index (χ4v) is 4.17. The predicted molar refractivity (Wildman–Crippen MR) is 108 cm³/mol. The van der Waals surface area contributed by atoms with E-state index in [1.165, 1.54) is 43.8 Å². The van der Waals surface area contributed by atoms with E-state index in [4.69, 9.17) is 4.74 Å². The highest BCUT2D eigenvalue weighted by Gasteiger charge is 2.48. The van der Waals surface area contributed by atoms with Crippen molar-refractivity contribution < 1.29 is 17.9 Å². The summed E-state index contributed by atoms with van der Waals surface area (Å²) in [5.74, 6) is -0.566. The lowest BCUT2D eigenvalue weighted by molar-refractivity contribution is 0.0963. The van der Waals surface area contributed by atoms with Crippen LogP contribution in [0.3, 0.4) is 0 Å². The minimum atomic E-state index is -1.01. The Kier molecular flexibility index (Phi) is 5.59. The molecule has 0 amide bonds. The third-order valence-electron chi connectivity index (χ3n) is 5.15. The van der Waals surface area contributed by atoms with Crippen LogP contribution in [0, 0.1) is 11.6 Å². The van der Waals surface area contributed by atoms with Crippen LogP contribution in [0.5, 0.6) is 5.75 Å². The lowest BCUT2D eigenvalue weighted by atomic mass is 9.65. The minimum Gasteiger partial charge on any atom is -0.495 e. The van der Waals surface area contributed by atoms with Crippen LogP contribution < -0.4 is 10.1 Å². The molecule has 0 atom stereocenters. The van der Waals surface area contributed by atoms with E-state index in [1.807, 2.05) is 0 Å². The molecule has 3 aromatic rings. The Hall–Kier alpha value is -2.75. The number of pyridine rings is 1. The molecule has 4 rings (SSSR count). The normalized spacial score (nSPS) is 20.5. The third-order valence-corrected chi connectivity index (χ3v) is 5.78. The first-order valence-corrected chi connectivity index (χ1v) is 9.94. The molecule has 1 saturated carbocycles. The molecule has 1 aliphatic rings. The summed E-state index contributed by atoms with van der Waals surface area (Å²) in [6.07, 6.45) is 2.13. The molecular formula is C20H17BrF3N5O. The number of aromatic nitrogens is 4. The van der Waals surface area contributed by atoms with E-state index >= 15 is 0 Å². The quantitative estimate of drug-likeness (QED) is 0.562. The first-order chi connectivity index (χ1) is 14.4. The first kappa shape index (κ1) is 20.5. The van der Waals surface area contributed by atoms with Gasteiger partial charge in [0.1, 0.15) is 29.2 Å². The molecule has 0 saturated heterocycles. The van der Waals surface area contributed by atoms with E-state index in [9.17, 15) is 13.2 Å². The van der Waals surface area contributed by atoms with Crippen LogP contribution in [0.25, 0.3) is 11.3 Å². The molecule has 2 aromatic heterocycles. The molecule has 2 heterocycles. The number of hydrogen-bond acceptors (Lipinski definition) is 6. The van der Waals surface area contributed by atoms with Gasteiger partial charge in [-0.05, 0) is 53.0 Å². The highest BCUT2D eigenvalue weighted by atomic mass is 79.9. The summed E-state index contributed by atoms with van der Waals surface area (Å²) in [7, 11) is 1.42. The number of hydrogen-bond donors (Lipinski definition) is 1. The number of methoxy groups -OCH3 is 1. The van der Waals surface area contributed by atoms with Crippen LogP contribution >= 0.6 is 15.9 Å². The van der Waals surface area contributed by atoms with Crippen molar-refractivity contribution in [3.05, 3.63) is 58.5 Å². The van der Waals surface area contributed by atoms with Crippen LogP contribution in [0.15, 0.2) is 41.1 Å². The second-order valence-electron chi connectivity index (χ2n) is 7.08. The van der Waals surface area contributed by atoms with Gasteiger partial charge in [0.25, 0.3) is 0 Å². The number of halogens is 4. The molecule has 0 unspecified atom stereocenters. The summed E-state index contributed by atoms with van der Waals surface area (Å²) >= 11 is 3.31. The molecular weight excluding hydrogens is 463 g/mol. The summed E-state index contributed by atoms with van der Waals surface area (Å²) in [4.78, 5) is 8.28. The van der Waals surface area contributed by atoms with Gasteiger partial charge >= 0.3 is 0 Å². The van der Waals surface area contributed by atoms with Gasteiger partial charge < -0.3 is 10.1 Å². The van der Waals surface area contributed by atoms with Crippen molar-refractivity contribution in [3.8, 4) is 17.0 Å². The SMILES string of the molecule is COc1c(Br)ccc(F)c1-c1cnc(NCC2(c3ncccc3F)CC(F)C2)nn1. The number of alkyl halides is 1.